The summed E-state index contributed by atoms with van der Waals surface area (Å²) in [6.07, 6.45) is 1.68. The Labute approximate surface area is 163 Å². The number of pyridine rings is 1. The van der Waals surface area contributed by atoms with Crippen molar-refractivity contribution >= 4 is 55.0 Å². The fourth-order valence-electron chi connectivity index (χ4n) is 2.92. The zero-order chi connectivity index (χ0) is 19.1. The van der Waals surface area contributed by atoms with Crippen LogP contribution in [0.25, 0.3) is 20.4 Å². The molecule has 1 aromatic carbocycles. The highest BCUT2D eigenvalue weighted by Crippen LogP contribution is 2.28. The van der Waals surface area contributed by atoms with Gasteiger partial charge in [-0.2, -0.15) is 0 Å². The number of carbonyl (C=O) groups excluding carboxylic acids is 1. The SMILES string of the molecule is Cc1ccc(Cl)cc1NC(=O)Cn1c(C)nc2c(sc3ncccc32)c1=O. The molecule has 136 valence electrons. The monoisotopic (exact) mass is 398 g/mol. The van der Waals surface area contributed by atoms with Crippen LogP contribution in [0.4, 0.5) is 5.69 Å². The van der Waals surface area contributed by atoms with Crippen molar-refractivity contribution in [2.24, 2.45) is 0 Å². The van der Waals surface area contributed by atoms with E-state index in [0.717, 1.165) is 15.8 Å². The van der Waals surface area contributed by atoms with Crippen molar-refractivity contribution in [2.45, 2.75) is 20.4 Å². The van der Waals surface area contributed by atoms with E-state index in [4.69, 9.17) is 11.6 Å². The third-order valence-electron chi connectivity index (χ3n) is 4.32. The second-order valence-electron chi connectivity index (χ2n) is 6.19. The van der Waals surface area contributed by atoms with Crippen LogP contribution in [0.5, 0.6) is 0 Å². The highest BCUT2D eigenvalue weighted by atomic mass is 35.5. The molecule has 4 aromatic rings. The van der Waals surface area contributed by atoms with Gasteiger partial charge < -0.3 is 5.32 Å². The van der Waals surface area contributed by atoms with E-state index >= 15 is 0 Å². The normalized spacial score (nSPS) is 11.2. The number of aromatic nitrogens is 3. The molecule has 3 heterocycles. The van der Waals surface area contributed by atoms with Gasteiger partial charge in [-0.05, 0) is 43.7 Å². The number of benzene rings is 1. The Morgan fingerprint density at radius 2 is 2.11 bits per heavy atom. The lowest BCUT2D eigenvalue weighted by molar-refractivity contribution is -0.116. The number of halogens is 1. The van der Waals surface area contributed by atoms with Gasteiger partial charge in [0.05, 0.1) is 5.52 Å². The largest absolute Gasteiger partial charge is 0.324 e. The summed E-state index contributed by atoms with van der Waals surface area (Å²) in [7, 11) is 0. The minimum Gasteiger partial charge on any atom is -0.324 e. The molecule has 0 unspecified atom stereocenters. The van der Waals surface area contributed by atoms with Crippen LogP contribution in [0.1, 0.15) is 11.4 Å². The van der Waals surface area contributed by atoms with Gasteiger partial charge >= 0.3 is 0 Å². The topological polar surface area (TPSA) is 76.9 Å². The van der Waals surface area contributed by atoms with Crippen molar-refractivity contribution < 1.29 is 4.79 Å². The number of carbonyl (C=O) groups is 1. The molecule has 0 aliphatic carbocycles. The van der Waals surface area contributed by atoms with Crippen LogP contribution < -0.4 is 10.9 Å². The molecular weight excluding hydrogens is 384 g/mol. The van der Waals surface area contributed by atoms with Gasteiger partial charge in [0, 0.05) is 22.3 Å². The van der Waals surface area contributed by atoms with Crippen LogP contribution in [0.3, 0.4) is 0 Å². The van der Waals surface area contributed by atoms with E-state index in [2.05, 4.69) is 15.3 Å². The number of anilines is 1. The van der Waals surface area contributed by atoms with E-state index in [1.807, 2.05) is 25.1 Å². The first-order chi connectivity index (χ1) is 12.9. The standard InChI is InChI=1S/C19H15ClN4O2S/c1-10-5-6-12(20)8-14(10)23-15(25)9-24-11(2)22-16-13-4-3-7-21-18(13)27-17(16)19(24)26/h3-8H,9H2,1-2H3,(H,23,25). The van der Waals surface area contributed by atoms with Gasteiger partial charge in [-0.15, -0.1) is 11.3 Å². The lowest BCUT2D eigenvalue weighted by atomic mass is 10.2. The van der Waals surface area contributed by atoms with Gasteiger partial charge in [0.1, 0.15) is 21.9 Å². The molecule has 6 nitrogen and oxygen atoms in total. The molecule has 8 heteroatoms. The third kappa shape index (κ3) is 3.20. The first-order valence-electron chi connectivity index (χ1n) is 8.24. The summed E-state index contributed by atoms with van der Waals surface area (Å²) in [5, 5.41) is 4.19. The van der Waals surface area contributed by atoms with Gasteiger partial charge in [-0.25, -0.2) is 9.97 Å². The van der Waals surface area contributed by atoms with Crippen LogP contribution >= 0.6 is 22.9 Å². The maximum Gasteiger partial charge on any atom is 0.272 e. The molecule has 0 spiro atoms. The average Bonchev–Trinajstić information content (AvgIpc) is 3.01. The van der Waals surface area contributed by atoms with E-state index in [1.165, 1.54) is 15.9 Å². The summed E-state index contributed by atoms with van der Waals surface area (Å²) in [6.45, 7) is 3.47. The molecule has 0 aliphatic heterocycles. The van der Waals surface area contributed by atoms with Crippen molar-refractivity contribution in [3.05, 3.63) is 63.3 Å². The van der Waals surface area contributed by atoms with Crippen molar-refractivity contribution in [3.8, 4) is 0 Å². The molecule has 0 radical (unpaired) electrons. The molecule has 0 fully saturated rings. The number of hydrogen-bond donors (Lipinski definition) is 1. The molecule has 1 amide bonds. The number of nitrogens with zero attached hydrogens (tertiary/aromatic N) is 3. The van der Waals surface area contributed by atoms with Crippen LogP contribution in [0, 0.1) is 13.8 Å². The van der Waals surface area contributed by atoms with Crippen molar-refractivity contribution in [2.75, 3.05) is 5.32 Å². The van der Waals surface area contributed by atoms with E-state index in [-0.39, 0.29) is 18.0 Å². The predicted molar refractivity (Wildman–Crippen MR) is 109 cm³/mol. The van der Waals surface area contributed by atoms with Crippen LogP contribution in [0.2, 0.25) is 5.02 Å². The molecule has 27 heavy (non-hydrogen) atoms. The predicted octanol–water partition coefficient (Wildman–Crippen LogP) is 3.92. The fraction of sp³-hybridized carbons (Fsp3) is 0.158. The molecule has 0 saturated heterocycles. The quantitative estimate of drug-likeness (QED) is 0.567. The average molecular weight is 399 g/mol. The Balaban J connectivity index is 1.71. The maximum atomic E-state index is 12.9. The fourth-order valence-corrected chi connectivity index (χ4v) is 4.12. The molecule has 0 atom stereocenters. The van der Waals surface area contributed by atoms with E-state index in [0.29, 0.717) is 26.8 Å². The van der Waals surface area contributed by atoms with Gasteiger partial charge in [0.15, 0.2) is 0 Å². The van der Waals surface area contributed by atoms with E-state index in [9.17, 15) is 9.59 Å². The number of amides is 1. The Bertz CT molecular complexity index is 1260. The van der Waals surface area contributed by atoms with Crippen molar-refractivity contribution in [1.82, 2.24) is 14.5 Å². The number of fused-ring (bicyclic) bond motifs is 3. The Morgan fingerprint density at radius 1 is 1.30 bits per heavy atom. The lowest BCUT2D eigenvalue weighted by Crippen LogP contribution is -2.29. The molecule has 3 aromatic heterocycles. The number of aryl methyl sites for hydroxylation is 2. The van der Waals surface area contributed by atoms with Crippen LogP contribution in [-0.4, -0.2) is 20.4 Å². The van der Waals surface area contributed by atoms with E-state index < -0.39 is 0 Å². The zero-order valence-electron chi connectivity index (χ0n) is 14.6. The van der Waals surface area contributed by atoms with Crippen LogP contribution in [0.15, 0.2) is 41.3 Å². The van der Waals surface area contributed by atoms with Gasteiger partial charge in [-0.1, -0.05) is 17.7 Å². The number of thiophene rings is 1. The Kier molecular flexibility index (Phi) is 4.41. The summed E-state index contributed by atoms with van der Waals surface area (Å²) >= 11 is 7.28. The molecule has 1 N–H and O–H groups in total. The summed E-state index contributed by atoms with van der Waals surface area (Å²) in [4.78, 5) is 35.0. The summed E-state index contributed by atoms with van der Waals surface area (Å²) < 4.78 is 1.88. The van der Waals surface area contributed by atoms with Crippen LogP contribution in [-0.2, 0) is 11.3 Å². The molecule has 0 saturated carbocycles. The smallest absolute Gasteiger partial charge is 0.272 e. The minimum atomic E-state index is -0.314. The highest BCUT2D eigenvalue weighted by Gasteiger charge is 2.16. The molecule has 4 rings (SSSR count). The molecule has 0 aliphatic rings. The lowest BCUT2D eigenvalue weighted by Gasteiger charge is -2.12. The molecule has 0 bridgehead atoms. The van der Waals surface area contributed by atoms with E-state index in [1.54, 1.807) is 25.3 Å². The first-order valence-corrected chi connectivity index (χ1v) is 9.44. The summed E-state index contributed by atoms with van der Waals surface area (Å²) in [5.41, 5.74) is 1.91. The van der Waals surface area contributed by atoms with Gasteiger partial charge in [0.25, 0.3) is 5.56 Å². The first kappa shape index (κ1) is 17.6. The second-order valence-corrected chi connectivity index (χ2v) is 7.63. The van der Waals surface area contributed by atoms with Gasteiger partial charge in [-0.3, -0.25) is 14.2 Å². The second kappa shape index (κ2) is 6.75. The number of nitrogens with one attached hydrogen (secondary N) is 1. The maximum absolute atomic E-state index is 12.9. The van der Waals surface area contributed by atoms with Crippen molar-refractivity contribution in [1.29, 1.82) is 0 Å². The minimum absolute atomic E-state index is 0.124. The van der Waals surface area contributed by atoms with Crippen molar-refractivity contribution in [3.63, 3.8) is 0 Å². The third-order valence-corrected chi connectivity index (χ3v) is 5.65. The Hall–Kier alpha value is -2.77. The number of hydrogen-bond acceptors (Lipinski definition) is 5. The Morgan fingerprint density at radius 3 is 2.93 bits per heavy atom. The number of rotatable bonds is 3. The highest BCUT2D eigenvalue weighted by molar-refractivity contribution is 7.25. The summed E-state index contributed by atoms with van der Waals surface area (Å²) in [5.74, 6) is 0.167. The van der Waals surface area contributed by atoms with Gasteiger partial charge in [0.2, 0.25) is 5.91 Å². The summed E-state index contributed by atoms with van der Waals surface area (Å²) in [6, 6.07) is 8.98. The zero-order valence-corrected chi connectivity index (χ0v) is 16.2. The molecular formula is C19H15ClN4O2S.